The molecular weight excluding hydrogens is 444 g/mol. The second-order valence-corrected chi connectivity index (χ2v) is 9.17. The first-order valence-electron chi connectivity index (χ1n) is 12.6. The lowest BCUT2D eigenvalue weighted by molar-refractivity contribution is 0.0985. The second kappa shape index (κ2) is 10.6. The maximum absolute atomic E-state index is 13.4. The standard InChI is InChI=1S/C32H30N2O2/c1-2-23-14-16-24(17-15-23)28-11-4-5-12-29(28)31(35)33-27-20-18-26(19-21-27)32(36)34-22-8-7-10-25-9-3-6-13-30(25)34/h3-6,9,11-21H,2,7-8,10,22H2,1H3,(H,33,35). The van der Waals surface area contributed by atoms with Gasteiger partial charge >= 0.3 is 0 Å². The smallest absolute Gasteiger partial charge is 0.258 e. The van der Waals surface area contributed by atoms with E-state index in [1.54, 1.807) is 24.3 Å². The van der Waals surface area contributed by atoms with Crippen LogP contribution in [0.4, 0.5) is 11.4 Å². The summed E-state index contributed by atoms with van der Waals surface area (Å²) in [5.41, 5.74) is 7.27. The highest BCUT2D eigenvalue weighted by molar-refractivity contribution is 6.09. The average Bonchev–Trinajstić information content (AvgIpc) is 3.16. The molecule has 1 N–H and O–H groups in total. The Kier molecular flexibility index (Phi) is 6.94. The van der Waals surface area contributed by atoms with Crippen molar-refractivity contribution < 1.29 is 9.59 Å². The molecule has 4 aromatic carbocycles. The molecule has 0 saturated heterocycles. The summed E-state index contributed by atoms with van der Waals surface area (Å²) in [5.74, 6) is -0.186. The Morgan fingerprint density at radius 1 is 0.806 bits per heavy atom. The number of aryl methyl sites for hydroxylation is 2. The van der Waals surface area contributed by atoms with Gasteiger partial charge in [-0.05, 0) is 84.3 Å². The Labute approximate surface area is 212 Å². The predicted molar refractivity (Wildman–Crippen MR) is 147 cm³/mol. The van der Waals surface area contributed by atoms with Crippen LogP contribution in [-0.2, 0) is 12.8 Å². The third-order valence-corrected chi connectivity index (χ3v) is 6.84. The average molecular weight is 475 g/mol. The van der Waals surface area contributed by atoms with Crippen molar-refractivity contribution in [3.05, 3.63) is 119 Å². The van der Waals surface area contributed by atoms with E-state index in [0.717, 1.165) is 42.5 Å². The molecule has 2 amide bonds. The maximum Gasteiger partial charge on any atom is 0.258 e. The fraction of sp³-hybridized carbons (Fsp3) is 0.188. The minimum atomic E-state index is -0.175. The van der Waals surface area contributed by atoms with Gasteiger partial charge < -0.3 is 10.2 Å². The van der Waals surface area contributed by atoms with Crippen LogP contribution in [0.1, 0.15) is 51.6 Å². The highest BCUT2D eigenvalue weighted by Gasteiger charge is 2.22. The van der Waals surface area contributed by atoms with Gasteiger partial charge in [-0.25, -0.2) is 0 Å². The fourth-order valence-electron chi connectivity index (χ4n) is 4.81. The number of anilines is 2. The van der Waals surface area contributed by atoms with Crippen LogP contribution in [0.25, 0.3) is 11.1 Å². The summed E-state index contributed by atoms with van der Waals surface area (Å²) in [6.07, 6.45) is 4.03. The lowest BCUT2D eigenvalue weighted by atomic mass is 9.97. The van der Waals surface area contributed by atoms with Crippen molar-refractivity contribution >= 4 is 23.2 Å². The van der Waals surface area contributed by atoms with Gasteiger partial charge in [0.1, 0.15) is 0 Å². The Morgan fingerprint density at radius 3 is 2.31 bits per heavy atom. The van der Waals surface area contributed by atoms with Gasteiger partial charge in [-0.2, -0.15) is 0 Å². The molecular formula is C32H30N2O2. The summed E-state index contributed by atoms with van der Waals surface area (Å²) in [4.78, 5) is 28.4. The van der Waals surface area contributed by atoms with Crippen LogP contribution in [-0.4, -0.2) is 18.4 Å². The molecule has 1 heterocycles. The molecule has 0 bridgehead atoms. The Balaban J connectivity index is 1.33. The zero-order valence-electron chi connectivity index (χ0n) is 20.5. The number of carbonyl (C=O) groups excluding carboxylic acids is 2. The molecule has 0 aromatic heterocycles. The van der Waals surface area contributed by atoms with Gasteiger partial charge in [-0.15, -0.1) is 0 Å². The quantitative estimate of drug-likeness (QED) is 0.334. The van der Waals surface area contributed by atoms with E-state index in [0.29, 0.717) is 23.4 Å². The van der Waals surface area contributed by atoms with Crippen LogP contribution in [0.15, 0.2) is 97.1 Å². The molecule has 4 aromatic rings. The lowest BCUT2D eigenvalue weighted by Gasteiger charge is -2.23. The number of rotatable bonds is 5. The number of amides is 2. The number of benzene rings is 4. The van der Waals surface area contributed by atoms with Crippen LogP contribution < -0.4 is 10.2 Å². The van der Waals surface area contributed by atoms with E-state index in [1.165, 1.54) is 11.1 Å². The molecule has 0 spiro atoms. The topological polar surface area (TPSA) is 49.4 Å². The molecule has 4 heteroatoms. The third-order valence-electron chi connectivity index (χ3n) is 6.84. The number of hydrogen-bond acceptors (Lipinski definition) is 2. The zero-order valence-corrected chi connectivity index (χ0v) is 20.5. The summed E-state index contributed by atoms with van der Waals surface area (Å²) >= 11 is 0. The van der Waals surface area contributed by atoms with Crippen molar-refractivity contribution in [3.8, 4) is 11.1 Å². The van der Waals surface area contributed by atoms with Crippen LogP contribution in [0.2, 0.25) is 0 Å². The van der Waals surface area contributed by atoms with Crippen molar-refractivity contribution in [1.82, 2.24) is 0 Å². The monoisotopic (exact) mass is 474 g/mol. The van der Waals surface area contributed by atoms with E-state index in [4.69, 9.17) is 0 Å². The van der Waals surface area contributed by atoms with Gasteiger partial charge in [-0.1, -0.05) is 67.6 Å². The largest absolute Gasteiger partial charge is 0.322 e. The molecule has 0 radical (unpaired) electrons. The minimum Gasteiger partial charge on any atom is -0.322 e. The van der Waals surface area contributed by atoms with Gasteiger partial charge in [0, 0.05) is 29.0 Å². The van der Waals surface area contributed by atoms with Crippen LogP contribution in [0.3, 0.4) is 0 Å². The Morgan fingerprint density at radius 2 is 1.53 bits per heavy atom. The van der Waals surface area contributed by atoms with Crippen LogP contribution >= 0.6 is 0 Å². The van der Waals surface area contributed by atoms with Crippen molar-refractivity contribution in [2.75, 3.05) is 16.8 Å². The maximum atomic E-state index is 13.4. The van der Waals surface area contributed by atoms with Crippen molar-refractivity contribution in [1.29, 1.82) is 0 Å². The van der Waals surface area contributed by atoms with E-state index in [1.807, 2.05) is 47.4 Å². The molecule has 0 unspecified atom stereocenters. The normalized spacial score (nSPS) is 13.0. The minimum absolute atomic E-state index is 0.0110. The molecule has 0 fully saturated rings. The van der Waals surface area contributed by atoms with E-state index in [9.17, 15) is 9.59 Å². The molecule has 4 nitrogen and oxygen atoms in total. The third kappa shape index (κ3) is 4.94. The van der Waals surface area contributed by atoms with Gasteiger partial charge in [-0.3, -0.25) is 9.59 Å². The summed E-state index contributed by atoms with van der Waals surface area (Å²) in [5, 5.41) is 3.00. The molecule has 0 atom stereocenters. The molecule has 180 valence electrons. The number of hydrogen-bond donors (Lipinski definition) is 1. The zero-order chi connectivity index (χ0) is 24.9. The van der Waals surface area contributed by atoms with E-state index >= 15 is 0 Å². The Bertz CT molecular complexity index is 1370. The highest BCUT2D eigenvalue weighted by Crippen LogP contribution is 2.28. The number of nitrogens with one attached hydrogen (secondary N) is 1. The van der Waals surface area contributed by atoms with E-state index < -0.39 is 0 Å². The predicted octanol–water partition coefficient (Wildman–Crippen LogP) is 7.15. The SMILES string of the molecule is CCc1ccc(-c2ccccc2C(=O)Nc2ccc(C(=O)N3CCCCc4ccccc43)cc2)cc1. The van der Waals surface area contributed by atoms with Crippen LogP contribution in [0, 0.1) is 0 Å². The highest BCUT2D eigenvalue weighted by atomic mass is 16.2. The van der Waals surface area contributed by atoms with E-state index in [-0.39, 0.29) is 11.8 Å². The number of fused-ring (bicyclic) bond motifs is 1. The molecule has 1 aliphatic heterocycles. The number of para-hydroxylation sites is 1. The molecule has 36 heavy (non-hydrogen) atoms. The van der Waals surface area contributed by atoms with Gasteiger partial charge in [0.25, 0.3) is 11.8 Å². The van der Waals surface area contributed by atoms with Crippen molar-refractivity contribution in [3.63, 3.8) is 0 Å². The summed E-state index contributed by atoms with van der Waals surface area (Å²) in [6, 6.07) is 31.3. The first-order valence-corrected chi connectivity index (χ1v) is 12.6. The summed E-state index contributed by atoms with van der Waals surface area (Å²) in [7, 11) is 0. The first-order chi connectivity index (χ1) is 17.6. The van der Waals surface area contributed by atoms with Gasteiger partial charge in [0.05, 0.1) is 0 Å². The Hall–Kier alpha value is -4.18. The van der Waals surface area contributed by atoms with Crippen molar-refractivity contribution in [2.45, 2.75) is 32.6 Å². The molecule has 0 saturated carbocycles. The first kappa shape index (κ1) is 23.6. The van der Waals surface area contributed by atoms with Gasteiger partial charge in [0.15, 0.2) is 0 Å². The van der Waals surface area contributed by atoms with Crippen molar-refractivity contribution in [2.24, 2.45) is 0 Å². The van der Waals surface area contributed by atoms with Gasteiger partial charge in [0.2, 0.25) is 0 Å². The molecule has 1 aliphatic rings. The fourth-order valence-corrected chi connectivity index (χ4v) is 4.81. The summed E-state index contributed by atoms with van der Waals surface area (Å²) < 4.78 is 0. The summed E-state index contributed by atoms with van der Waals surface area (Å²) in [6.45, 7) is 2.84. The molecule has 0 aliphatic carbocycles. The second-order valence-electron chi connectivity index (χ2n) is 9.17. The van der Waals surface area contributed by atoms with E-state index in [2.05, 4.69) is 42.6 Å². The number of nitrogens with zero attached hydrogens (tertiary/aromatic N) is 1. The molecule has 5 rings (SSSR count). The lowest BCUT2D eigenvalue weighted by Crippen LogP contribution is -2.31. The number of carbonyl (C=O) groups is 2. The van der Waals surface area contributed by atoms with Crippen LogP contribution in [0.5, 0.6) is 0 Å².